The standard InChI is InChI=1S/C22H14Cl2N2O3/c1-28-22(27)14-4-2-13(3-5-14)12-25-16-7-9-20-19(11-16)26-21(29-20)17-8-6-15(23)10-18(17)24/h2-12H,1H3. The molecular formula is C22H14Cl2N2O3. The zero-order chi connectivity index (χ0) is 20.4. The Bertz CT molecular complexity index is 1230. The maximum Gasteiger partial charge on any atom is 0.337 e. The highest BCUT2D eigenvalue weighted by Crippen LogP contribution is 2.32. The molecule has 0 fully saturated rings. The molecule has 1 aromatic heterocycles. The number of benzene rings is 3. The highest BCUT2D eigenvalue weighted by atomic mass is 35.5. The average molecular weight is 425 g/mol. The molecule has 0 atom stereocenters. The van der Waals surface area contributed by atoms with Gasteiger partial charge in [-0.2, -0.15) is 0 Å². The van der Waals surface area contributed by atoms with Gasteiger partial charge in [-0.3, -0.25) is 4.99 Å². The topological polar surface area (TPSA) is 64.7 Å². The zero-order valence-electron chi connectivity index (χ0n) is 15.2. The van der Waals surface area contributed by atoms with Crippen LogP contribution in [0.3, 0.4) is 0 Å². The minimum absolute atomic E-state index is 0.374. The molecule has 144 valence electrons. The lowest BCUT2D eigenvalue weighted by molar-refractivity contribution is 0.0600. The van der Waals surface area contributed by atoms with Crippen LogP contribution >= 0.6 is 23.2 Å². The van der Waals surface area contributed by atoms with Crippen molar-refractivity contribution >= 4 is 52.2 Å². The number of fused-ring (bicyclic) bond motifs is 1. The van der Waals surface area contributed by atoms with E-state index in [1.807, 2.05) is 18.2 Å². The third-order valence-electron chi connectivity index (χ3n) is 4.23. The van der Waals surface area contributed by atoms with Gasteiger partial charge in [-0.05, 0) is 54.1 Å². The van der Waals surface area contributed by atoms with E-state index in [0.29, 0.717) is 38.2 Å². The van der Waals surface area contributed by atoms with E-state index in [1.54, 1.807) is 48.7 Å². The Hall–Kier alpha value is -3.15. The molecule has 0 aliphatic heterocycles. The fourth-order valence-corrected chi connectivity index (χ4v) is 3.24. The summed E-state index contributed by atoms with van der Waals surface area (Å²) in [4.78, 5) is 20.5. The van der Waals surface area contributed by atoms with Crippen molar-refractivity contribution in [1.82, 2.24) is 4.98 Å². The molecule has 0 aliphatic carbocycles. The second-order valence-electron chi connectivity index (χ2n) is 6.17. The molecule has 29 heavy (non-hydrogen) atoms. The number of ether oxygens (including phenoxy) is 1. The van der Waals surface area contributed by atoms with Crippen LogP contribution in [0.5, 0.6) is 0 Å². The third kappa shape index (κ3) is 4.16. The third-order valence-corrected chi connectivity index (χ3v) is 4.77. The number of hydrogen-bond acceptors (Lipinski definition) is 5. The molecule has 0 radical (unpaired) electrons. The molecule has 0 saturated carbocycles. The lowest BCUT2D eigenvalue weighted by Gasteiger charge is -1.99. The van der Waals surface area contributed by atoms with Gasteiger partial charge in [-0.15, -0.1) is 0 Å². The average Bonchev–Trinajstić information content (AvgIpc) is 3.15. The van der Waals surface area contributed by atoms with Crippen molar-refractivity contribution in [3.63, 3.8) is 0 Å². The number of aliphatic imine (C=N–C) groups is 1. The number of carbonyl (C=O) groups is 1. The number of aromatic nitrogens is 1. The van der Waals surface area contributed by atoms with E-state index in [-0.39, 0.29) is 5.97 Å². The van der Waals surface area contributed by atoms with Crippen LogP contribution in [0.2, 0.25) is 10.0 Å². The van der Waals surface area contributed by atoms with Crippen molar-refractivity contribution in [1.29, 1.82) is 0 Å². The predicted molar refractivity (Wildman–Crippen MR) is 115 cm³/mol. The number of carbonyl (C=O) groups excluding carboxylic acids is 1. The van der Waals surface area contributed by atoms with Gasteiger partial charge in [0.05, 0.1) is 28.9 Å². The summed E-state index contributed by atoms with van der Waals surface area (Å²) in [7, 11) is 1.35. The van der Waals surface area contributed by atoms with Crippen molar-refractivity contribution in [2.75, 3.05) is 7.11 Å². The highest BCUT2D eigenvalue weighted by molar-refractivity contribution is 6.36. The second-order valence-corrected chi connectivity index (χ2v) is 7.01. The normalized spacial score (nSPS) is 11.3. The first kappa shape index (κ1) is 19.2. The van der Waals surface area contributed by atoms with Gasteiger partial charge in [-0.1, -0.05) is 35.3 Å². The SMILES string of the molecule is COC(=O)c1ccc(C=Nc2ccc3oc(-c4ccc(Cl)cc4Cl)nc3c2)cc1. The Kier molecular flexibility index (Phi) is 5.34. The van der Waals surface area contributed by atoms with Crippen molar-refractivity contribution in [2.45, 2.75) is 0 Å². The molecular weight excluding hydrogens is 411 g/mol. The molecule has 4 aromatic rings. The number of halogens is 2. The molecule has 3 aromatic carbocycles. The number of oxazole rings is 1. The summed E-state index contributed by atoms with van der Waals surface area (Å²) < 4.78 is 10.5. The molecule has 0 amide bonds. The Balaban J connectivity index is 1.59. The van der Waals surface area contributed by atoms with E-state index in [9.17, 15) is 4.79 Å². The molecule has 7 heteroatoms. The smallest absolute Gasteiger partial charge is 0.337 e. The van der Waals surface area contributed by atoms with Gasteiger partial charge in [0, 0.05) is 11.2 Å². The summed E-state index contributed by atoms with van der Waals surface area (Å²) in [5.74, 6) is 0.0442. The molecule has 0 N–H and O–H groups in total. The van der Waals surface area contributed by atoms with E-state index in [0.717, 1.165) is 11.3 Å². The summed E-state index contributed by atoms with van der Waals surface area (Å²) >= 11 is 12.2. The summed E-state index contributed by atoms with van der Waals surface area (Å²) in [6.07, 6.45) is 1.71. The summed E-state index contributed by atoms with van der Waals surface area (Å²) in [6.45, 7) is 0. The minimum atomic E-state index is -0.374. The van der Waals surface area contributed by atoms with Crippen molar-refractivity contribution in [3.8, 4) is 11.5 Å². The maximum absolute atomic E-state index is 11.5. The lowest BCUT2D eigenvalue weighted by atomic mass is 10.1. The van der Waals surface area contributed by atoms with E-state index in [2.05, 4.69) is 9.98 Å². The van der Waals surface area contributed by atoms with E-state index < -0.39 is 0 Å². The van der Waals surface area contributed by atoms with Gasteiger partial charge in [0.15, 0.2) is 5.58 Å². The van der Waals surface area contributed by atoms with Gasteiger partial charge in [0.2, 0.25) is 5.89 Å². The maximum atomic E-state index is 11.5. The van der Waals surface area contributed by atoms with Gasteiger partial charge in [-0.25, -0.2) is 9.78 Å². The first-order valence-corrected chi connectivity index (χ1v) is 9.37. The first-order valence-electron chi connectivity index (χ1n) is 8.62. The number of rotatable bonds is 4. The van der Waals surface area contributed by atoms with Crippen molar-refractivity contribution in [3.05, 3.63) is 81.8 Å². The molecule has 4 rings (SSSR count). The Labute approximate surface area is 176 Å². The summed E-state index contributed by atoms with van der Waals surface area (Å²) in [5, 5.41) is 1.02. The monoisotopic (exact) mass is 424 g/mol. The highest BCUT2D eigenvalue weighted by Gasteiger charge is 2.12. The minimum Gasteiger partial charge on any atom is -0.465 e. The van der Waals surface area contributed by atoms with Gasteiger partial charge in [0.1, 0.15) is 5.52 Å². The van der Waals surface area contributed by atoms with Crippen LogP contribution in [0, 0.1) is 0 Å². The molecule has 0 aliphatic rings. The molecule has 0 unspecified atom stereocenters. The van der Waals surface area contributed by atoms with Crippen LogP contribution in [0.1, 0.15) is 15.9 Å². The van der Waals surface area contributed by atoms with Gasteiger partial charge >= 0.3 is 5.97 Å². The largest absolute Gasteiger partial charge is 0.465 e. The predicted octanol–water partition coefficient (Wildman–Crippen LogP) is 6.34. The number of hydrogen-bond donors (Lipinski definition) is 0. The molecule has 0 spiro atoms. The van der Waals surface area contributed by atoms with Crippen LogP contribution in [-0.2, 0) is 4.74 Å². The zero-order valence-corrected chi connectivity index (χ0v) is 16.7. The first-order chi connectivity index (χ1) is 14.0. The Morgan fingerprint density at radius 3 is 2.59 bits per heavy atom. The Morgan fingerprint density at radius 2 is 1.86 bits per heavy atom. The van der Waals surface area contributed by atoms with Crippen LogP contribution in [-0.4, -0.2) is 24.3 Å². The molecule has 5 nitrogen and oxygen atoms in total. The van der Waals surface area contributed by atoms with Crippen LogP contribution in [0.25, 0.3) is 22.6 Å². The fourth-order valence-electron chi connectivity index (χ4n) is 2.75. The van der Waals surface area contributed by atoms with Crippen LogP contribution in [0.4, 0.5) is 5.69 Å². The van der Waals surface area contributed by atoms with E-state index >= 15 is 0 Å². The molecule has 1 heterocycles. The van der Waals surface area contributed by atoms with Gasteiger partial charge < -0.3 is 9.15 Å². The fraction of sp³-hybridized carbons (Fsp3) is 0.0455. The lowest BCUT2D eigenvalue weighted by Crippen LogP contribution is -2.00. The van der Waals surface area contributed by atoms with Crippen LogP contribution < -0.4 is 0 Å². The van der Waals surface area contributed by atoms with Gasteiger partial charge in [0.25, 0.3) is 0 Å². The molecule has 0 saturated heterocycles. The van der Waals surface area contributed by atoms with E-state index in [4.69, 9.17) is 32.4 Å². The second kappa shape index (κ2) is 8.07. The summed E-state index contributed by atoms with van der Waals surface area (Å²) in [5.41, 5.74) is 4.03. The summed E-state index contributed by atoms with van der Waals surface area (Å²) in [6, 6.07) is 17.6. The number of esters is 1. The number of nitrogens with zero attached hydrogens (tertiary/aromatic N) is 2. The van der Waals surface area contributed by atoms with Crippen molar-refractivity contribution in [2.24, 2.45) is 4.99 Å². The van der Waals surface area contributed by atoms with E-state index in [1.165, 1.54) is 7.11 Å². The Morgan fingerprint density at radius 1 is 1.07 bits per heavy atom. The van der Waals surface area contributed by atoms with Crippen molar-refractivity contribution < 1.29 is 13.9 Å². The number of methoxy groups -OCH3 is 1. The molecule has 0 bridgehead atoms. The van der Waals surface area contributed by atoms with Crippen LogP contribution in [0.15, 0.2) is 70.1 Å². The quantitative estimate of drug-likeness (QED) is 0.283.